The van der Waals surface area contributed by atoms with Crippen molar-refractivity contribution < 1.29 is 22.7 Å². The molecular weight excluding hydrogens is 456 g/mol. The molecule has 0 spiro atoms. The van der Waals surface area contributed by atoms with Gasteiger partial charge in [0.25, 0.3) is 5.91 Å². The molecule has 1 aromatic heterocycles. The van der Waals surface area contributed by atoms with Crippen LogP contribution in [0.1, 0.15) is 29.9 Å². The number of likely N-dealkylation sites (N-methyl/N-ethyl adjacent to an activating group) is 1. The van der Waals surface area contributed by atoms with Crippen molar-refractivity contribution in [2.24, 2.45) is 5.92 Å². The molecule has 0 fully saturated rings. The molecule has 0 radical (unpaired) electrons. The fourth-order valence-corrected chi connectivity index (χ4v) is 4.60. The lowest BCUT2D eigenvalue weighted by molar-refractivity contribution is 0.00901. The first-order chi connectivity index (χ1) is 16.1. The minimum absolute atomic E-state index is 0.0240. The maximum Gasteiger partial charge on any atom is 0.257 e. The van der Waals surface area contributed by atoms with Gasteiger partial charge in [0.15, 0.2) is 0 Å². The third-order valence-electron chi connectivity index (χ3n) is 5.97. The summed E-state index contributed by atoms with van der Waals surface area (Å²) in [5.74, 6) is 0.270. The van der Waals surface area contributed by atoms with Crippen LogP contribution in [0, 0.1) is 5.92 Å². The van der Waals surface area contributed by atoms with Gasteiger partial charge < -0.3 is 14.4 Å². The molecule has 3 atom stereocenters. The van der Waals surface area contributed by atoms with E-state index in [9.17, 15) is 13.2 Å². The fraction of sp³-hybridized carbons (Fsp3) is 0.500. The second-order valence-electron chi connectivity index (χ2n) is 8.93. The number of hydrogen-bond acceptors (Lipinski definition) is 7. The molecule has 0 saturated heterocycles. The van der Waals surface area contributed by atoms with E-state index in [-0.39, 0.29) is 24.0 Å². The summed E-state index contributed by atoms with van der Waals surface area (Å²) in [5.41, 5.74) is 1.56. The van der Waals surface area contributed by atoms with E-state index in [0.29, 0.717) is 36.7 Å². The monoisotopic (exact) mass is 490 g/mol. The SMILES string of the molecule is CO[C@H]1CN(C)C(=O)c2cc(NS(C)(=O)=O)ccc2OC[C@H](C)N(Cc2ccccn2)C[C@H]1C. The van der Waals surface area contributed by atoms with Crippen LogP contribution in [0.25, 0.3) is 0 Å². The van der Waals surface area contributed by atoms with Gasteiger partial charge in [0.1, 0.15) is 12.4 Å². The Kier molecular flexibility index (Phi) is 8.51. The number of sulfonamides is 1. The molecule has 2 aromatic rings. The van der Waals surface area contributed by atoms with Crippen molar-refractivity contribution in [2.75, 3.05) is 44.8 Å². The van der Waals surface area contributed by atoms with Gasteiger partial charge >= 0.3 is 0 Å². The van der Waals surface area contributed by atoms with Gasteiger partial charge in [-0.3, -0.25) is 19.4 Å². The van der Waals surface area contributed by atoms with Crippen molar-refractivity contribution in [1.29, 1.82) is 0 Å². The average Bonchev–Trinajstić information content (AvgIpc) is 2.79. The summed E-state index contributed by atoms with van der Waals surface area (Å²) in [5, 5.41) is 0. The molecule has 2 heterocycles. The maximum atomic E-state index is 13.3. The van der Waals surface area contributed by atoms with Gasteiger partial charge in [0, 0.05) is 51.7 Å². The van der Waals surface area contributed by atoms with Gasteiger partial charge in [0.05, 0.1) is 23.6 Å². The van der Waals surface area contributed by atoms with E-state index in [0.717, 1.165) is 18.5 Å². The lowest BCUT2D eigenvalue weighted by atomic mass is 10.0. The van der Waals surface area contributed by atoms with Crippen molar-refractivity contribution in [2.45, 2.75) is 32.5 Å². The van der Waals surface area contributed by atoms with E-state index >= 15 is 0 Å². The largest absolute Gasteiger partial charge is 0.491 e. The number of carbonyl (C=O) groups excluding carboxylic acids is 1. The molecule has 0 unspecified atom stereocenters. The number of nitrogens with zero attached hydrogens (tertiary/aromatic N) is 3. The third-order valence-corrected chi connectivity index (χ3v) is 6.57. The molecule has 10 heteroatoms. The molecule has 0 saturated carbocycles. The van der Waals surface area contributed by atoms with E-state index in [1.807, 2.05) is 18.2 Å². The molecule has 186 valence electrons. The quantitative estimate of drug-likeness (QED) is 0.687. The topological polar surface area (TPSA) is 101 Å². The van der Waals surface area contributed by atoms with Gasteiger partial charge in [-0.2, -0.15) is 0 Å². The molecule has 0 bridgehead atoms. The number of benzene rings is 1. The predicted octanol–water partition coefficient (Wildman–Crippen LogP) is 2.46. The fourth-order valence-electron chi connectivity index (χ4n) is 4.05. The van der Waals surface area contributed by atoms with Crippen LogP contribution in [0.5, 0.6) is 5.75 Å². The molecule has 1 N–H and O–H groups in total. The summed E-state index contributed by atoms with van der Waals surface area (Å²) in [6.45, 7) is 6.32. The Balaban J connectivity index is 1.96. The minimum atomic E-state index is -3.49. The summed E-state index contributed by atoms with van der Waals surface area (Å²) in [6, 6.07) is 10.6. The normalized spacial score (nSPS) is 22.8. The van der Waals surface area contributed by atoms with Crippen molar-refractivity contribution in [1.82, 2.24) is 14.8 Å². The molecule has 1 amide bonds. The molecule has 34 heavy (non-hydrogen) atoms. The van der Waals surface area contributed by atoms with E-state index < -0.39 is 10.0 Å². The zero-order chi connectivity index (χ0) is 24.9. The van der Waals surface area contributed by atoms with Gasteiger partial charge in [0.2, 0.25) is 10.0 Å². The second-order valence-corrected chi connectivity index (χ2v) is 10.7. The summed E-state index contributed by atoms with van der Waals surface area (Å²) in [4.78, 5) is 21.7. The highest BCUT2D eigenvalue weighted by Crippen LogP contribution is 2.27. The molecule has 1 aliphatic heterocycles. The van der Waals surface area contributed by atoms with E-state index in [1.165, 1.54) is 6.07 Å². The van der Waals surface area contributed by atoms with Gasteiger partial charge in [-0.05, 0) is 43.2 Å². The number of carbonyl (C=O) groups is 1. The average molecular weight is 491 g/mol. The number of aromatic nitrogens is 1. The molecule has 3 rings (SSSR count). The van der Waals surface area contributed by atoms with Crippen molar-refractivity contribution in [3.05, 3.63) is 53.9 Å². The number of rotatable bonds is 5. The minimum Gasteiger partial charge on any atom is -0.491 e. The number of pyridine rings is 1. The van der Waals surface area contributed by atoms with E-state index in [1.54, 1.807) is 37.4 Å². The van der Waals surface area contributed by atoms with Crippen LogP contribution >= 0.6 is 0 Å². The van der Waals surface area contributed by atoms with Gasteiger partial charge in [-0.25, -0.2) is 8.42 Å². The third kappa shape index (κ3) is 6.91. The zero-order valence-corrected chi connectivity index (χ0v) is 21.2. The van der Waals surface area contributed by atoms with Crippen LogP contribution in [0.2, 0.25) is 0 Å². The number of nitrogens with one attached hydrogen (secondary N) is 1. The summed E-state index contributed by atoms with van der Waals surface area (Å²) < 4.78 is 37.7. The lowest BCUT2D eigenvalue weighted by Crippen LogP contribution is -2.46. The molecule has 1 aromatic carbocycles. The van der Waals surface area contributed by atoms with Crippen molar-refractivity contribution in [3.63, 3.8) is 0 Å². The first-order valence-electron chi connectivity index (χ1n) is 11.2. The van der Waals surface area contributed by atoms with Crippen molar-refractivity contribution in [3.8, 4) is 5.75 Å². The first-order valence-corrected chi connectivity index (χ1v) is 13.1. The Morgan fingerprint density at radius 3 is 2.62 bits per heavy atom. The first kappa shape index (κ1) is 25.9. The smallest absolute Gasteiger partial charge is 0.257 e. The summed E-state index contributed by atoms with van der Waals surface area (Å²) in [7, 11) is -0.123. The standard InChI is InChI=1S/C24H34N4O5S/c1-17-13-28(14-20-8-6-7-11-25-20)18(2)16-33-22-10-9-19(26-34(5,30)31)12-21(22)24(29)27(3)15-23(17)32-4/h6-12,17-18,23,26H,13-16H2,1-5H3/t17-,18+,23+/m1/s1. The Morgan fingerprint density at radius 1 is 1.21 bits per heavy atom. The van der Waals surface area contributed by atoms with E-state index in [4.69, 9.17) is 9.47 Å². The lowest BCUT2D eigenvalue weighted by Gasteiger charge is -2.35. The second kappa shape index (κ2) is 11.2. The molecular formula is C24H34N4O5S. The zero-order valence-electron chi connectivity index (χ0n) is 20.4. The Bertz CT molecular complexity index is 1080. The number of anilines is 1. The highest BCUT2D eigenvalue weighted by molar-refractivity contribution is 7.92. The van der Waals surface area contributed by atoms with Crippen LogP contribution in [0.3, 0.4) is 0 Å². The maximum absolute atomic E-state index is 13.3. The molecule has 9 nitrogen and oxygen atoms in total. The van der Waals surface area contributed by atoms with E-state index in [2.05, 4.69) is 28.5 Å². The number of methoxy groups -OCH3 is 1. The Morgan fingerprint density at radius 2 is 1.97 bits per heavy atom. The van der Waals surface area contributed by atoms with Crippen LogP contribution in [-0.2, 0) is 21.3 Å². The number of hydrogen-bond donors (Lipinski definition) is 1. The van der Waals surface area contributed by atoms with Crippen molar-refractivity contribution >= 4 is 21.6 Å². The molecule has 0 aliphatic carbocycles. The van der Waals surface area contributed by atoms with Crippen LogP contribution in [0.15, 0.2) is 42.6 Å². The number of ether oxygens (including phenoxy) is 2. The van der Waals surface area contributed by atoms with Gasteiger partial charge in [-0.1, -0.05) is 13.0 Å². The van der Waals surface area contributed by atoms with Crippen LogP contribution < -0.4 is 9.46 Å². The predicted molar refractivity (Wildman–Crippen MR) is 131 cm³/mol. The Labute approximate surface area is 202 Å². The number of fused-ring (bicyclic) bond motifs is 1. The van der Waals surface area contributed by atoms with Gasteiger partial charge in [-0.15, -0.1) is 0 Å². The highest BCUT2D eigenvalue weighted by atomic mass is 32.2. The van der Waals surface area contributed by atoms with Crippen LogP contribution in [-0.4, -0.2) is 81.4 Å². The highest BCUT2D eigenvalue weighted by Gasteiger charge is 2.28. The number of amides is 1. The van der Waals surface area contributed by atoms with Crippen LogP contribution in [0.4, 0.5) is 5.69 Å². The summed E-state index contributed by atoms with van der Waals surface area (Å²) >= 11 is 0. The summed E-state index contributed by atoms with van der Waals surface area (Å²) in [6.07, 6.45) is 2.67. The molecule has 1 aliphatic rings. The Hall–Kier alpha value is -2.69.